The van der Waals surface area contributed by atoms with Crippen LogP contribution in [0.4, 0.5) is 0 Å². The number of amides is 3. The van der Waals surface area contributed by atoms with Crippen LogP contribution in [0.2, 0.25) is 0 Å². The monoisotopic (exact) mass is 613 g/mol. The second kappa shape index (κ2) is 15.4. The van der Waals surface area contributed by atoms with Crippen molar-refractivity contribution >= 4 is 23.5 Å². The Kier molecular flexibility index (Phi) is 11.6. The van der Waals surface area contributed by atoms with E-state index in [1.165, 1.54) is 13.2 Å². The highest BCUT2D eigenvalue weighted by Gasteiger charge is 2.50. The van der Waals surface area contributed by atoms with Gasteiger partial charge in [-0.25, -0.2) is 0 Å². The number of nitrogens with one attached hydrogen (secondary N) is 3. The topological polar surface area (TPSA) is 165 Å². The van der Waals surface area contributed by atoms with Crippen molar-refractivity contribution in [3.05, 3.63) is 53.4 Å². The summed E-state index contributed by atoms with van der Waals surface area (Å²) in [5, 5.41) is 12.1. The molecule has 4 rings (SSSR count). The van der Waals surface area contributed by atoms with Gasteiger partial charge in [-0.15, -0.1) is 0 Å². The lowest BCUT2D eigenvalue weighted by Gasteiger charge is -2.26. The number of ketones is 1. The fourth-order valence-electron chi connectivity index (χ4n) is 4.98. The van der Waals surface area contributed by atoms with Crippen molar-refractivity contribution in [2.24, 2.45) is 5.92 Å². The molecule has 1 aromatic carbocycles. The number of rotatable bonds is 16. The molecule has 1 aromatic heterocycles. The number of aromatic nitrogens is 1. The lowest BCUT2D eigenvalue weighted by molar-refractivity contribution is -0.133. The molecule has 3 heterocycles. The van der Waals surface area contributed by atoms with E-state index in [0.717, 1.165) is 18.7 Å². The van der Waals surface area contributed by atoms with Gasteiger partial charge in [-0.05, 0) is 24.8 Å². The van der Waals surface area contributed by atoms with Crippen LogP contribution in [0.1, 0.15) is 49.0 Å². The van der Waals surface area contributed by atoms with Crippen molar-refractivity contribution < 1.29 is 37.9 Å². The maximum absolute atomic E-state index is 13.6. The Balaban J connectivity index is 1.45. The van der Waals surface area contributed by atoms with Crippen LogP contribution >= 0.6 is 0 Å². The van der Waals surface area contributed by atoms with Crippen LogP contribution in [0.15, 0.2) is 40.9 Å². The van der Waals surface area contributed by atoms with Crippen molar-refractivity contribution in [1.82, 2.24) is 26.0 Å². The number of benzene rings is 1. The molecule has 44 heavy (non-hydrogen) atoms. The molecule has 0 saturated carbocycles. The molecule has 0 aliphatic carbocycles. The maximum atomic E-state index is 13.6. The molecule has 2 unspecified atom stereocenters. The summed E-state index contributed by atoms with van der Waals surface area (Å²) in [4.78, 5) is 55.5. The molecule has 13 heteroatoms. The van der Waals surface area contributed by atoms with Gasteiger partial charge in [0.05, 0.1) is 39.0 Å². The molecule has 2 aliphatic heterocycles. The molecule has 0 spiro atoms. The highest BCUT2D eigenvalue weighted by Crippen LogP contribution is 2.29. The molecule has 3 N–H and O–H groups in total. The molecule has 2 saturated heterocycles. The van der Waals surface area contributed by atoms with Gasteiger partial charge >= 0.3 is 0 Å². The zero-order valence-electron chi connectivity index (χ0n) is 25.8. The van der Waals surface area contributed by atoms with Crippen molar-refractivity contribution in [3.8, 4) is 0 Å². The number of carbonyl (C=O) groups is 4. The molecule has 2 aliphatic rings. The van der Waals surface area contributed by atoms with E-state index in [1.807, 2.05) is 44.2 Å². The maximum Gasteiger partial charge on any atom is 0.274 e. The summed E-state index contributed by atoms with van der Waals surface area (Å²) < 4.78 is 21.3. The summed E-state index contributed by atoms with van der Waals surface area (Å²) in [6.07, 6.45) is 0.583. The molecule has 2 fully saturated rings. The van der Waals surface area contributed by atoms with E-state index < -0.39 is 41.4 Å². The molecule has 3 amide bonds. The van der Waals surface area contributed by atoms with Gasteiger partial charge in [-0.2, -0.15) is 0 Å². The van der Waals surface area contributed by atoms with E-state index in [2.05, 4.69) is 26.0 Å². The Labute approximate surface area is 257 Å². The summed E-state index contributed by atoms with van der Waals surface area (Å²) in [7, 11) is 1.40. The highest BCUT2D eigenvalue weighted by molar-refractivity contribution is 5.99. The summed E-state index contributed by atoms with van der Waals surface area (Å²) in [6.45, 7) is 9.00. The third kappa shape index (κ3) is 9.42. The quantitative estimate of drug-likeness (QED) is 0.231. The van der Waals surface area contributed by atoms with Crippen LogP contribution in [-0.4, -0.2) is 104 Å². The number of epoxide rings is 1. The minimum Gasteiger partial charge on any atom is -0.382 e. The minimum absolute atomic E-state index is 0.0200. The number of hydrogen-bond donors (Lipinski definition) is 3. The van der Waals surface area contributed by atoms with Crippen molar-refractivity contribution in [2.75, 3.05) is 46.6 Å². The first-order chi connectivity index (χ1) is 21.1. The van der Waals surface area contributed by atoms with Crippen molar-refractivity contribution in [3.63, 3.8) is 0 Å². The summed E-state index contributed by atoms with van der Waals surface area (Å²) >= 11 is 0. The van der Waals surface area contributed by atoms with Crippen LogP contribution in [0.5, 0.6) is 0 Å². The third-order valence-corrected chi connectivity index (χ3v) is 7.58. The summed E-state index contributed by atoms with van der Waals surface area (Å²) in [5.74, 6) is -1.32. The van der Waals surface area contributed by atoms with E-state index in [-0.39, 0.29) is 30.4 Å². The fourth-order valence-corrected chi connectivity index (χ4v) is 4.98. The third-order valence-electron chi connectivity index (χ3n) is 7.58. The van der Waals surface area contributed by atoms with Gasteiger partial charge in [0.25, 0.3) is 5.91 Å². The second-order valence-electron chi connectivity index (χ2n) is 11.9. The average Bonchev–Trinajstić information content (AvgIpc) is 3.59. The first-order valence-electron chi connectivity index (χ1n) is 15.0. The lowest BCUT2D eigenvalue weighted by atomic mass is 9.93. The smallest absolute Gasteiger partial charge is 0.274 e. The van der Waals surface area contributed by atoms with Crippen LogP contribution < -0.4 is 16.0 Å². The Morgan fingerprint density at radius 1 is 1.00 bits per heavy atom. The highest BCUT2D eigenvalue weighted by atomic mass is 16.6. The van der Waals surface area contributed by atoms with Gasteiger partial charge in [0, 0.05) is 32.7 Å². The zero-order chi connectivity index (χ0) is 31.7. The van der Waals surface area contributed by atoms with Gasteiger partial charge < -0.3 is 34.7 Å². The number of nitrogens with zero attached hydrogens (tertiary/aromatic N) is 2. The Morgan fingerprint density at radius 2 is 1.66 bits per heavy atom. The predicted molar refractivity (Wildman–Crippen MR) is 159 cm³/mol. The number of morpholine rings is 1. The van der Waals surface area contributed by atoms with Crippen LogP contribution in [0, 0.1) is 5.92 Å². The first-order valence-corrected chi connectivity index (χ1v) is 15.0. The largest absolute Gasteiger partial charge is 0.382 e. The molecule has 4 atom stereocenters. The van der Waals surface area contributed by atoms with Gasteiger partial charge in [-0.1, -0.05) is 49.3 Å². The van der Waals surface area contributed by atoms with Crippen molar-refractivity contribution in [2.45, 2.75) is 63.9 Å². The Morgan fingerprint density at radius 3 is 2.30 bits per heavy atom. The van der Waals surface area contributed by atoms with Gasteiger partial charge in [0.15, 0.2) is 17.2 Å². The van der Waals surface area contributed by atoms with E-state index in [1.54, 1.807) is 6.92 Å². The Hall–Kier alpha value is -3.65. The number of hydrogen-bond acceptors (Lipinski definition) is 10. The molecule has 2 aromatic rings. The minimum atomic E-state index is -1.13. The second-order valence-corrected chi connectivity index (χ2v) is 11.9. The van der Waals surface area contributed by atoms with E-state index in [4.69, 9.17) is 18.7 Å². The van der Waals surface area contributed by atoms with E-state index in [9.17, 15) is 19.2 Å². The summed E-state index contributed by atoms with van der Waals surface area (Å²) in [5.41, 5.74) is -0.0892. The summed E-state index contributed by atoms with van der Waals surface area (Å²) in [6, 6.07) is 7.79. The first kappa shape index (κ1) is 33.2. The number of carbonyl (C=O) groups excluding carboxylic acids is 4. The molecule has 0 radical (unpaired) electrons. The SMILES string of the molecule is COCC(NC(=O)c1cc(CN2CCOCC2)on1)C(=O)N[C@@H](Cc1ccccc1)C(=O)NC(CC(C)C)C(=O)[C@@]1(C)CO1. The molecular formula is C31H43N5O8. The molecule has 0 bridgehead atoms. The number of ether oxygens (including phenoxy) is 3. The normalized spacial score (nSPS) is 20.4. The fraction of sp³-hybridized carbons (Fsp3) is 0.581. The van der Waals surface area contributed by atoms with Gasteiger partial charge in [-0.3, -0.25) is 24.1 Å². The predicted octanol–water partition coefficient (Wildman–Crippen LogP) is 0.868. The molecular weight excluding hydrogens is 570 g/mol. The standard InChI is InChI=1S/C31H43N5O8/c1-20(2)14-23(27(37)31(3)19-43-31)32-28(38)24(15-21-8-6-5-7-9-21)33-30(40)26(18-41-4)34-29(39)25-16-22(44-35-25)17-36-10-12-42-13-11-36/h5-9,16,20,23-24,26H,10-15,17-19H2,1-4H3,(H,32,38)(H,33,40)(H,34,39)/t23?,24-,26?,31+/m0/s1. The van der Waals surface area contributed by atoms with Crippen LogP contribution in [0.25, 0.3) is 0 Å². The van der Waals surface area contributed by atoms with Gasteiger partial charge in [0.1, 0.15) is 17.7 Å². The Bertz CT molecular complexity index is 1270. The average molecular weight is 614 g/mol. The molecule has 13 nitrogen and oxygen atoms in total. The van der Waals surface area contributed by atoms with Crippen LogP contribution in [-0.2, 0) is 41.6 Å². The van der Waals surface area contributed by atoms with Gasteiger partial charge in [0.2, 0.25) is 11.8 Å². The lowest BCUT2D eigenvalue weighted by Crippen LogP contribution is -2.58. The zero-order valence-corrected chi connectivity index (χ0v) is 25.8. The van der Waals surface area contributed by atoms with E-state index >= 15 is 0 Å². The van der Waals surface area contributed by atoms with Crippen LogP contribution in [0.3, 0.4) is 0 Å². The van der Waals surface area contributed by atoms with E-state index in [0.29, 0.717) is 38.5 Å². The number of Topliss-reactive ketones (excluding diaryl/α,β-unsaturated/α-hetero) is 1. The number of methoxy groups -OCH3 is 1. The van der Waals surface area contributed by atoms with Crippen molar-refractivity contribution in [1.29, 1.82) is 0 Å². The molecule has 240 valence electrons.